The van der Waals surface area contributed by atoms with E-state index in [-0.39, 0.29) is 12.0 Å². The van der Waals surface area contributed by atoms with Crippen LogP contribution in [0.15, 0.2) is 24.3 Å². The summed E-state index contributed by atoms with van der Waals surface area (Å²) in [5.74, 6) is 0.579. The van der Waals surface area contributed by atoms with Gasteiger partial charge in [0.2, 0.25) is 0 Å². The lowest BCUT2D eigenvalue weighted by molar-refractivity contribution is -0.137. The Kier molecular flexibility index (Phi) is 6.06. The van der Waals surface area contributed by atoms with Crippen LogP contribution in [0.5, 0.6) is 0 Å². The maximum Gasteiger partial charge on any atom is 0.416 e. The summed E-state index contributed by atoms with van der Waals surface area (Å²) in [6, 6.07) is 5.82. The molecular formula is C16H24F3N. The van der Waals surface area contributed by atoms with Gasteiger partial charge >= 0.3 is 6.18 Å². The van der Waals surface area contributed by atoms with Crippen LogP contribution in [0.25, 0.3) is 0 Å². The minimum atomic E-state index is -4.27. The first-order valence-electron chi connectivity index (χ1n) is 7.18. The van der Waals surface area contributed by atoms with E-state index in [2.05, 4.69) is 33.0 Å². The molecule has 0 heterocycles. The zero-order chi connectivity index (χ0) is 15.3. The normalized spacial score (nSPS) is 15.4. The Labute approximate surface area is 119 Å². The number of halogens is 3. The first-order valence-corrected chi connectivity index (χ1v) is 7.18. The lowest BCUT2D eigenvalue weighted by atomic mass is 9.82. The van der Waals surface area contributed by atoms with Crippen molar-refractivity contribution in [3.63, 3.8) is 0 Å². The molecule has 0 aliphatic rings. The second kappa shape index (κ2) is 7.11. The van der Waals surface area contributed by atoms with Crippen molar-refractivity contribution >= 4 is 0 Å². The van der Waals surface area contributed by atoms with E-state index in [1.54, 1.807) is 12.1 Å². The van der Waals surface area contributed by atoms with Gasteiger partial charge in [0.15, 0.2) is 0 Å². The summed E-state index contributed by atoms with van der Waals surface area (Å²) in [4.78, 5) is 0. The Hall–Kier alpha value is -1.03. The number of rotatable bonds is 6. The van der Waals surface area contributed by atoms with Crippen LogP contribution in [0.3, 0.4) is 0 Å². The highest BCUT2D eigenvalue weighted by atomic mass is 19.4. The predicted molar refractivity (Wildman–Crippen MR) is 76.8 cm³/mol. The van der Waals surface area contributed by atoms with E-state index < -0.39 is 11.7 Å². The lowest BCUT2D eigenvalue weighted by Gasteiger charge is -2.29. The zero-order valence-electron chi connectivity index (χ0n) is 12.6. The molecule has 20 heavy (non-hydrogen) atoms. The van der Waals surface area contributed by atoms with E-state index in [0.717, 1.165) is 18.5 Å². The molecule has 0 radical (unpaired) electrons. The maximum absolute atomic E-state index is 12.6. The number of nitrogens with one attached hydrogen (secondary N) is 1. The third-order valence-electron chi connectivity index (χ3n) is 3.60. The SMILES string of the molecule is CCCNC(C)C(c1ccc(C(F)(F)F)cc1)C(C)C. The Morgan fingerprint density at radius 2 is 1.60 bits per heavy atom. The molecule has 0 aliphatic carbocycles. The monoisotopic (exact) mass is 287 g/mol. The summed E-state index contributed by atoms with van der Waals surface area (Å²) in [5, 5.41) is 3.43. The minimum absolute atomic E-state index is 0.212. The van der Waals surface area contributed by atoms with Crippen LogP contribution in [-0.4, -0.2) is 12.6 Å². The molecule has 0 aliphatic heterocycles. The number of alkyl halides is 3. The molecule has 0 fully saturated rings. The second-order valence-electron chi connectivity index (χ2n) is 5.63. The lowest BCUT2D eigenvalue weighted by Crippen LogP contribution is -2.35. The second-order valence-corrected chi connectivity index (χ2v) is 5.63. The fourth-order valence-electron chi connectivity index (χ4n) is 2.64. The van der Waals surface area contributed by atoms with Crippen LogP contribution in [0.4, 0.5) is 13.2 Å². The Morgan fingerprint density at radius 1 is 1.05 bits per heavy atom. The van der Waals surface area contributed by atoms with Crippen LogP contribution < -0.4 is 5.32 Å². The molecule has 1 rings (SSSR count). The molecule has 1 aromatic rings. The minimum Gasteiger partial charge on any atom is -0.314 e. The average Bonchev–Trinajstić information content (AvgIpc) is 2.35. The fraction of sp³-hybridized carbons (Fsp3) is 0.625. The van der Waals surface area contributed by atoms with Gasteiger partial charge in [-0.25, -0.2) is 0 Å². The van der Waals surface area contributed by atoms with Gasteiger partial charge in [-0.15, -0.1) is 0 Å². The first-order chi connectivity index (χ1) is 9.27. The molecule has 0 saturated carbocycles. The summed E-state index contributed by atoms with van der Waals surface area (Å²) in [6.45, 7) is 9.32. The molecular weight excluding hydrogens is 263 g/mol. The van der Waals surface area contributed by atoms with Gasteiger partial charge in [-0.1, -0.05) is 32.9 Å². The largest absolute Gasteiger partial charge is 0.416 e. The highest BCUT2D eigenvalue weighted by Crippen LogP contribution is 2.33. The van der Waals surface area contributed by atoms with Crippen LogP contribution in [0, 0.1) is 5.92 Å². The molecule has 1 nitrogen and oxygen atoms in total. The number of benzene rings is 1. The van der Waals surface area contributed by atoms with Crippen LogP contribution in [0.1, 0.15) is 51.2 Å². The Balaban J connectivity index is 2.92. The van der Waals surface area contributed by atoms with E-state index in [0.29, 0.717) is 5.92 Å². The molecule has 0 aromatic heterocycles. The molecule has 0 saturated heterocycles. The molecule has 4 heteroatoms. The van der Waals surface area contributed by atoms with Crippen LogP contribution in [0.2, 0.25) is 0 Å². The van der Waals surface area contributed by atoms with Crippen molar-refractivity contribution < 1.29 is 13.2 Å². The summed E-state index contributed by atoms with van der Waals surface area (Å²) in [5.41, 5.74) is 0.377. The first kappa shape index (κ1) is 17.0. The van der Waals surface area contributed by atoms with Crippen LogP contribution >= 0.6 is 0 Å². The standard InChI is InChI=1S/C16H24F3N/c1-5-10-20-12(4)15(11(2)3)13-6-8-14(9-7-13)16(17,18)19/h6-9,11-12,15,20H,5,10H2,1-4H3. The van der Waals surface area contributed by atoms with E-state index in [1.165, 1.54) is 12.1 Å². The van der Waals surface area contributed by atoms with Crippen molar-refractivity contribution in [3.8, 4) is 0 Å². The smallest absolute Gasteiger partial charge is 0.314 e. The third kappa shape index (κ3) is 4.51. The van der Waals surface area contributed by atoms with Gasteiger partial charge in [-0.2, -0.15) is 13.2 Å². The summed E-state index contributed by atoms with van der Waals surface area (Å²) >= 11 is 0. The summed E-state index contributed by atoms with van der Waals surface area (Å²) in [6.07, 6.45) is -3.22. The van der Waals surface area contributed by atoms with Gasteiger partial charge in [0, 0.05) is 12.0 Å². The van der Waals surface area contributed by atoms with Gasteiger partial charge in [0.05, 0.1) is 5.56 Å². The van der Waals surface area contributed by atoms with Gasteiger partial charge < -0.3 is 5.32 Å². The number of hydrogen-bond donors (Lipinski definition) is 1. The summed E-state index contributed by atoms with van der Waals surface area (Å²) in [7, 11) is 0. The molecule has 1 N–H and O–H groups in total. The zero-order valence-corrected chi connectivity index (χ0v) is 12.6. The molecule has 0 amide bonds. The van der Waals surface area contributed by atoms with Crippen molar-refractivity contribution in [3.05, 3.63) is 35.4 Å². The van der Waals surface area contributed by atoms with Gasteiger partial charge in [0.25, 0.3) is 0 Å². The Morgan fingerprint density at radius 3 is 2.00 bits per heavy atom. The molecule has 0 bridgehead atoms. The Bertz CT molecular complexity index is 395. The van der Waals surface area contributed by atoms with Crippen molar-refractivity contribution in [1.29, 1.82) is 0 Å². The highest BCUT2D eigenvalue weighted by molar-refractivity contribution is 5.28. The average molecular weight is 287 g/mol. The van der Waals surface area contributed by atoms with E-state index in [1.807, 2.05) is 0 Å². The molecule has 2 atom stereocenters. The van der Waals surface area contributed by atoms with Gasteiger partial charge in [-0.3, -0.25) is 0 Å². The molecule has 114 valence electrons. The third-order valence-corrected chi connectivity index (χ3v) is 3.60. The van der Waals surface area contributed by atoms with Crippen molar-refractivity contribution in [1.82, 2.24) is 5.32 Å². The molecule has 0 spiro atoms. The van der Waals surface area contributed by atoms with Crippen LogP contribution in [-0.2, 0) is 6.18 Å². The van der Waals surface area contributed by atoms with Gasteiger partial charge in [-0.05, 0) is 43.5 Å². The van der Waals surface area contributed by atoms with Gasteiger partial charge in [0.1, 0.15) is 0 Å². The van der Waals surface area contributed by atoms with Crippen molar-refractivity contribution in [2.45, 2.75) is 52.3 Å². The van der Waals surface area contributed by atoms with E-state index >= 15 is 0 Å². The quantitative estimate of drug-likeness (QED) is 0.790. The molecule has 1 aromatic carbocycles. The van der Waals surface area contributed by atoms with E-state index in [4.69, 9.17) is 0 Å². The predicted octanol–water partition coefficient (Wildman–Crippen LogP) is 4.83. The maximum atomic E-state index is 12.6. The fourth-order valence-corrected chi connectivity index (χ4v) is 2.64. The molecule has 2 unspecified atom stereocenters. The van der Waals surface area contributed by atoms with E-state index in [9.17, 15) is 13.2 Å². The highest BCUT2D eigenvalue weighted by Gasteiger charge is 2.31. The van der Waals surface area contributed by atoms with Crippen molar-refractivity contribution in [2.24, 2.45) is 5.92 Å². The topological polar surface area (TPSA) is 12.0 Å². The summed E-state index contributed by atoms with van der Waals surface area (Å²) < 4.78 is 37.8. The van der Waals surface area contributed by atoms with Crippen molar-refractivity contribution in [2.75, 3.05) is 6.54 Å². The number of hydrogen-bond acceptors (Lipinski definition) is 1.